The van der Waals surface area contributed by atoms with Gasteiger partial charge >= 0.3 is 0 Å². The van der Waals surface area contributed by atoms with Gasteiger partial charge in [0.1, 0.15) is 0 Å². The Morgan fingerprint density at radius 2 is 1.93 bits per heavy atom. The summed E-state index contributed by atoms with van der Waals surface area (Å²) in [6.07, 6.45) is 3.03. The van der Waals surface area contributed by atoms with Crippen molar-refractivity contribution in [3.05, 3.63) is 40.0 Å². The van der Waals surface area contributed by atoms with Crippen molar-refractivity contribution in [3.63, 3.8) is 0 Å². The van der Waals surface area contributed by atoms with Crippen molar-refractivity contribution in [2.75, 3.05) is 26.7 Å². The van der Waals surface area contributed by atoms with Crippen LogP contribution in [0.2, 0.25) is 0 Å². The van der Waals surface area contributed by atoms with Crippen molar-refractivity contribution in [1.29, 1.82) is 0 Å². The van der Waals surface area contributed by atoms with Gasteiger partial charge in [-0.15, -0.1) is 0 Å². The summed E-state index contributed by atoms with van der Waals surface area (Å²) in [4.78, 5) is 30.3. The predicted octanol–water partition coefficient (Wildman–Crippen LogP) is 4.44. The topological polar surface area (TPSA) is 45.6 Å². The molecule has 6 heteroatoms. The van der Waals surface area contributed by atoms with Crippen LogP contribution in [0, 0.1) is 11.8 Å². The van der Waals surface area contributed by atoms with Gasteiger partial charge in [-0.25, -0.2) is 0 Å². The standard InChI is InChI=1S/C24H30BrN3O2/c1-6-27(7-2)24(30)15-11-17-16-9-8-10-19-21(16)18(12-20(17)26(5)13-15)22(25)28(19)23(29)14(3)4/h8-11,14-15,20H,6-7,12-13H2,1-5H3/t15-,20-/m1/s1. The van der Waals surface area contributed by atoms with Gasteiger partial charge in [-0.2, -0.15) is 0 Å². The SMILES string of the molecule is CCN(CC)C(=O)[C@@H]1C=C2c3cccc4c3c(c(Br)n4C(=O)C(C)C)C[C@H]2N(C)C1. The molecule has 0 fully saturated rings. The molecule has 2 heterocycles. The molecule has 160 valence electrons. The number of likely N-dealkylation sites (N-methyl/N-ethyl adjacent to an activating group) is 1. The Kier molecular flexibility index (Phi) is 5.66. The van der Waals surface area contributed by atoms with Crippen LogP contribution in [-0.2, 0) is 11.2 Å². The largest absolute Gasteiger partial charge is 0.343 e. The lowest BCUT2D eigenvalue weighted by molar-refractivity contribution is -0.134. The van der Waals surface area contributed by atoms with Crippen LogP contribution in [0.3, 0.4) is 0 Å². The molecule has 1 aliphatic carbocycles. The zero-order chi connectivity index (χ0) is 21.7. The second-order valence-electron chi connectivity index (χ2n) is 8.70. The van der Waals surface area contributed by atoms with Crippen molar-refractivity contribution in [2.24, 2.45) is 11.8 Å². The van der Waals surface area contributed by atoms with E-state index in [1.54, 1.807) is 0 Å². The summed E-state index contributed by atoms with van der Waals surface area (Å²) in [6.45, 7) is 10.1. The highest BCUT2D eigenvalue weighted by atomic mass is 79.9. The number of carbonyl (C=O) groups is 2. The highest BCUT2D eigenvalue weighted by Crippen LogP contribution is 2.45. The molecule has 0 saturated carbocycles. The maximum Gasteiger partial charge on any atom is 0.234 e. The Labute approximate surface area is 186 Å². The summed E-state index contributed by atoms with van der Waals surface area (Å²) in [5.41, 5.74) is 4.51. The molecule has 0 saturated heterocycles. The minimum absolute atomic E-state index is 0.0885. The zero-order valence-corrected chi connectivity index (χ0v) is 20.0. The van der Waals surface area contributed by atoms with Crippen molar-refractivity contribution in [1.82, 2.24) is 14.4 Å². The average Bonchev–Trinajstić information content (AvgIpc) is 3.01. The average molecular weight is 472 g/mol. The second-order valence-corrected chi connectivity index (χ2v) is 9.45. The fraction of sp³-hybridized carbons (Fsp3) is 0.500. The normalized spacial score (nSPS) is 21.0. The van der Waals surface area contributed by atoms with Crippen LogP contribution >= 0.6 is 15.9 Å². The molecular formula is C24H30BrN3O2. The van der Waals surface area contributed by atoms with Gasteiger partial charge in [0.25, 0.3) is 0 Å². The third-order valence-corrected chi connectivity index (χ3v) is 7.44. The quantitative estimate of drug-likeness (QED) is 0.661. The highest BCUT2D eigenvalue weighted by Gasteiger charge is 2.38. The summed E-state index contributed by atoms with van der Waals surface area (Å²) >= 11 is 3.74. The monoisotopic (exact) mass is 471 g/mol. The fourth-order valence-corrected chi connectivity index (χ4v) is 5.72. The predicted molar refractivity (Wildman–Crippen MR) is 125 cm³/mol. The zero-order valence-electron chi connectivity index (χ0n) is 18.4. The minimum atomic E-state index is -0.138. The van der Waals surface area contributed by atoms with E-state index >= 15 is 0 Å². The molecule has 4 rings (SSSR count). The Balaban J connectivity index is 1.88. The van der Waals surface area contributed by atoms with E-state index in [4.69, 9.17) is 0 Å². The Hall–Kier alpha value is -1.92. The number of hydrogen-bond donors (Lipinski definition) is 0. The van der Waals surface area contributed by atoms with Crippen molar-refractivity contribution >= 4 is 44.2 Å². The Morgan fingerprint density at radius 3 is 2.57 bits per heavy atom. The van der Waals surface area contributed by atoms with E-state index in [1.165, 1.54) is 11.1 Å². The second kappa shape index (κ2) is 7.97. The molecule has 0 bridgehead atoms. The molecule has 2 atom stereocenters. The molecule has 1 aliphatic heterocycles. The lowest BCUT2D eigenvalue weighted by Crippen LogP contribution is -2.47. The van der Waals surface area contributed by atoms with Crippen LogP contribution in [0.5, 0.6) is 0 Å². The summed E-state index contributed by atoms with van der Waals surface area (Å²) in [6, 6.07) is 6.40. The first-order chi connectivity index (χ1) is 14.3. The molecule has 0 spiro atoms. The molecule has 30 heavy (non-hydrogen) atoms. The maximum atomic E-state index is 13.1. The van der Waals surface area contributed by atoms with Gasteiger partial charge in [0.05, 0.1) is 16.0 Å². The summed E-state index contributed by atoms with van der Waals surface area (Å²) < 4.78 is 2.70. The number of nitrogens with zero attached hydrogens (tertiary/aromatic N) is 3. The third-order valence-electron chi connectivity index (χ3n) is 6.60. The first-order valence-corrected chi connectivity index (χ1v) is 11.7. The van der Waals surface area contributed by atoms with Crippen molar-refractivity contribution in [2.45, 2.75) is 40.2 Å². The molecule has 0 radical (unpaired) electrons. The Morgan fingerprint density at radius 1 is 1.23 bits per heavy atom. The van der Waals surface area contributed by atoms with E-state index in [0.717, 1.165) is 47.1 Å². The summed E-state index contributed by atoms with van der Waals surface area (Å²) in [7, 11) is 2.11. The fourth-order valence-electron chi connectivity index (χ4n) is 4.99. The summed E-state index contributed by atoms with van der Waals surface area (Å²) in [5, 5.41) is 1.14. The van der Waals surface area contributed by atoms with Crippen LogP contribution in [0.1, 0.15) is 43.6 Å². The van der Waals surface area contributed by atoms with Crippen LogP contribution < -0.4 is 0 Å². The van der Waals surface area contributed by atoms with E-state index in [2.05, 4.69) is 40.0 Å². The number of hydrogen-bond acceptors (Lipinski definition) is 3. The van der Waals surface area contributed by atoms with E-state index < -0.39 is 0 Å². The number of rotatable bonds is 4. The highest BCUT2D eigenvalue weighted by molar-refractivity contribution is 9.10. The molecule has 2 aromatic rings. The van der Waals surface area contributed by atoms with Gasteiger partial charge in [0.15, 0.2) is 0 Å². The molecular weight excluding hydrogens is 442 g/mol. The number of fused-ring (bicyclic) bond motifs is 2. The van der Waals surface area contributed by atoms with E-state index in [-0.39, 0.29) is 29.7 Å². The number of aromatic nitrogens is 1. The van der Waals surface area contributed by atoms with Gasteiger partial charge in [-0.3, -0.25) is 19.1 Å². The van der Waals surface area contributed by atoms with Gasteiger partial charge < -0.3 is 4.90 Å². The number of halogens is 1. The van der Waals surface area contributed by atoms with Crippen LogP contribution in [0.4, 0.5) is 0 Å². The lowest BCUT2D eigenvalue weighted by Gasteiger charge is -2.40. The van der Waals surface area contributed by atoms with Gasteiger partial charge in [0.2, 0.25) is 11.8 Å². The molecule has 1 aromatic carbocycles. The first-order valence-electron chi connectivity index (χ1n) is 10.9. The first kappa shape index (κ1) is 21.3. The molecule has 2 aliphatic rings. The molecule has 5 nitrogen and oxygen atoms in total. The smallest absolute Gasteiger partial charge is 0.234 e. The van der Waals surface area contributed by atoms with E-state index in [0.29, 0.717) is 0 Å². The number of amides is 1. The van der Waals surface area contributed by atoms with Crippen molar-refractivity contribution in [3.8, 4) is 0 Å². The number of benzene rings is 1. The van der Waals surface area contributed by atoms with Crippen LogP contribution in [0.25, 0.3) is 16.5 Å². The van der Waals surface area contributed by atoms with Crippen LogP contribution in [0.15, 0.2) is 28.9 Å². The lowest BCUT2D eigenvalue weighted by atomic mass is 9.79. The third kappa shape index (κ3) is 3.16. The van der Waals surface area contributed by atoms with E-state index in [1.807, 2.05) is 49.3 Å². The molecule has 1 aromatic heterocycles. The summed E-state index contributed by atoms with van der Waals surface area (Å²) in [5.74, 6) is 0.0664. The van der Waals surface area contributed by atoms with Gasteiger partial charge in [0, 0.05) is 37.0 Å². The van der Waals surface area contributed by atoms with Crippen molar-refractivity contribution < 1.29 is 9.59 Å². The molecule has 0 unspecified atom stereocenters. The Bertz CT molecular complexity index is 1050. The minimum Gasteiger partial charge on any atom is -0.343 e. The molecule has 0 N–H and O–H groups in total. The molecule has 1 amide bonds. The van der Waals surface area contributed by atoms with Gasteiger partial charge in [-0.1, -0.05) is 32.1 Å². The van der Waals surface area contributed by atoms with Gasteiger partial charge in [-0.05, 0) is 66.0 Å². The van der Waals surface area contributed by atoms with Crippen LogP contribution in [-0.4, -0.2) is 58.9 Å². The maximum absolute atomic E-state index is 13.1. The van der Waals surface area contributed by atoms with E-state index in [9.17, 15) is 9.59 Å². The number of carbonyl (C=O) groups excluding carboxylic acids is 2.